The summed E-state index contributed by atoms with van der Waals surface area (Å²) in [6.07, 6.45) is 0. The van der Waals surface area contributed by atoms with E-state index in [1.165, 1.54) is 4.85 Å². The minimum atomic E-state index is -0.166. The molecule has 1 aromatic heterocycles. The quantitative estimate of drug-likeness (QED) is 0.728. The number of rotatable bonds is 4. The van der Waals surface area contributed by atoms with E-state index in [1.807, 2.05) is 54.6 Å². The number of para-hydroxylation sites is 2. The molecule has 2 aromatic carbocycles. The van der Waals surface area contributed by atoms with E-state index in [2.05, 4.69) is 10.3 Å². The van der Waals surface area contributed by atoms with Gasteiger partial charge in [-0.05, 0) is 29.5 Å². The summed E-state index contributed by atoms with van der Waals surface area (Å²) in [5.41, 5.74) is 2.27. The molecule has 1 amide bonds. The molecule has 0 saturated carbocycles. The number of benzene rings is 2. The molecule has 0 atom stereocenters. The maximum Gasteiger partial charge on any atom is 0.267 e. The SMILES string of the molecule is CN(C(=O)COn1nnc2ccccc21)c1ccccc1. The third-order valence-electron chi connectivity index (χ3n) is 3.15. The molecule has 0 aliphatic heterocycles. The number of nitrogens with zero attached hydrogens (tertiary/aromatic N) is 4. The molecule has 0 aliphatic carbocycles. The van der Waals surface area contributed by atoms with E-state index in [1.54, 1.807) is 11.9 Å². The summed E-state index contributed by atoms with van der Waals surface area (Å²) in [4.78, 5) is 20.3. The lowest BCUT2D eigenvalue weighted by Gasteiger charge is -2.17. The van der Waals surface area contributed by atoms with Gasteiger partial charge in [-0.25, -0.2) is 0 Å². The van der Waals surface area contributed by atoms with Crippen LogP contribution in [0.25, 0.3) is 11.0 Å². The molecule has 3 aromatic rings. The number of anilines is 1. The number of carbonyl (C=O) groups is 1. The van der Waals surface area contributed by atoms with E-state index in [0.29, 0.717) is 0 Å². The van der Waals surface area contributed by atoms with Crippen molar-refractivity contribution in [2.24, 2.45) is 0 Å². The maximum atomic E-state index is 12.1. The Morgan fingerprint density at radius 3 is 2.67 bits per heavy atom. The number of amides is 1. The van der Waals surface area contributed by atoms with Crippen molar-refractivity contribution in [3.8, 4) is 0 Å². The van der Waals surface area contributed by atoms with Gasteiger partial charge < -0.3 is 9.74 Å². The monoisotopic (exact) mass is 282 g/mol. The molecule has 106 valence electrons. The highest BCUT2D eigenvalue weighted by atomic mass is 16.7. The number of hydrogen-bond acceptors (Lipinski definition) is 4. The first-order chi connectivity index (χ1) is 10.3. The smallest absolute Gasteiger partial charge is 0.267 e. The normalized spacial score (nSPS) is 10.5. The molecule has 0 bridgehead atoms. The van der Waals surface area contributed by atoms with Gasteiger partial charge in [0.2, 0.25) is 0 Å². The van der Waals surface area contributed by atoms with Crippen molar-refractivity contribution in [3.05, 3.63) is 54.6 Å². The second-order valence-corrected chi connectivity index (χ2v) is 4.51. The molecule has 3 rings (SSSR count). The molecule has 0 aliphatic rings. The Bertz CT molecular complexity index is 754. The lowest BCUT2D eigenvalue weighted by molar-refractivity contribution is -0.123. The molecule has 0 N–H and O–H groups in total. The van der Waals surface area contributed by atoms with Crippen molar-refractivity contribution in [3.63, 3.8) is 0 Å². The predicted molar refractivity (Wildman–Crippen MR) is 78.8 cm³/mol. The van der Waals surface area contributed by atoms with Gasteiger partial charge in [-0.1, -0.05) is 35.2 Å². The highest BCUT2D eigenvalue weighted by molar-refractivity contribution is 5.93. The summed E-state index contributed by atoms with van der Waals surface area (Å²) in [7, 11) is 1.71. The molecular formula is C15H14N4O2. The van der Waals surface area contributed by atoms with Gasteiger partial charge in [-0.2, -0.15) is 0 Å². The van der Waals surface area contributed by atoms with Crippen molar-refractivity contribution in [1.29, 1.82) is 0 Å². The first-order valence-electron chi connectivity index (χ1n) is 6.51. The fraction of sp³-hybridized carbons (Fsp3) is 0.133. The molecule has 1 heterocycles. The summed E-state index contributed by atoms with van der Waals surface area (Å²) >= 11 is 0. The van der Waals surface area contributed by atoms with Gasteiger partial charge in [0.15, 0.2) is 6.61 Å². The minimum absolute atomic E-state index is 0.112. The molecule has 21 heavy (non-hydrogen) atoms. The van der Waals surface area contributed by atoms with E-state index in [-0.39, 0.29) is 12.5 Å². The van der Waals surface area contributed by atoms with Crippen LogP contribution in [-0.2, 0) is 4.79 Å². The van der Waals surface area contributed by atoms with Crippen molar-refractivity contribution in [1.82, 2.24) is 15.2 Å². The fourth-order valence-corrected chi connectivity index (χ4v) is 1.95. The fourth-order valence-electron chi connectivity index (χ4n) is 1.95. The Morgan fingerprint density at radius 2 is 1.86 bits per heavy atom. The number of carbonyl (C=O) groups excluding carboxylic acids is 1. The predicted octanol–water partition coefficient (Wildman–Crippen LogP) is 1.52. The maximum absolute atomic E-state index is 12.1. The highest BCUT2D eigenvalue weighted by Crippen LogP contribution is 2.11. The first-order valence-corrected chi connectivity index (χ1v) is 6.51. The third kappa shape index (κ3) is 2.69. The topological polar surface area (TPSA) is 60.2 Å². The van der Waals surface area contributed by atoms with Gasteiger partial charge in [-0.15, -0.1) is 5.10 Å². The lowest BCUT2D eigenvalue weighted by Crippen LogP contribution is -2.33. The Kier molecular flexibility index (Phi) is 3.51. The van der Waals surface area contributed by atoms with Crippen LogP contribution in [0, 0.1) is 0 Å². The Hall–Kier alpha value is -2.89. The number of hydrogen-bond donors (Lipinski definition) is 0. The molecule has 0 spiro atoms. The van der Waals surface area contributed by atoms with Crippen LogP contribution < -0.4 is 9.74 Å². The van der Waals surface area contributed by atoms with Gasteiger partial charge in [0.25, 0.3) is 5.91 Å². The Labute approximate surface area is 121 Å². The van der Waals surface area contributed by atoms with E-state index < -0.39 is 0 Å². The summed E-state index contributed by atoms with van der Waals surface area (Å²) < 4.78 is 0. The third-order valence-corrected chi connectivity index (χ3v) is 3.15. The van der Waals surface area contributed by atoms with Crippen LogP contribution >= 0.6 is 0 Å². The Morgan fingerprint density at radius 1 is 1.14 bits per heavy atom. The van der Waals surface area contributed by atoms with Gasteiger partial charge in [0, 0.05) is 12.7 Å². The second-order valence-electron chi connectivity index (χ2n) is 4.51. The van der Waals surface area contributed by atoms with Gasteiger partial charge in [-0.3, -0.25) is 4.79 Å². The molecule has 0 saturated heterocycles. The summed E-state index contributed by atoms with van der Waals surface area (Å²) in [5, 5.41) is 7.84. The van der Waals surface area contributed by atoms with E-state index >= 15 is 0 Å². The van der Waals surface area contributed by atoms with E-state index in [4.69, 9.17) is 4.84 Å². The van der Waals surface area contributed by atoms with Crippen LogP contribution in [0.2, 0.25) is 0 Å². The Balaban J connectivity index is 1.69. The number of aromatic nitrogens is 3. The molecule has 0 radical (unpaired) electrons. The van der Waals surface area contributed by atoms with Crippen molar-refractivity contribution in [2.75, 3.05) is 18.6 Å². The van der Waals surface area contributed by atoms with Gasteiger partial charge >= 0.3 is 0 Å². The van der Waals surface area contributed by atoms with Crippen LogP contribution in [0.1, 0.15) is 0 Å². The van der Waals surface area contributed by atoms with Crippen LogP contribution in [-0.4, -0.2) is 34.7 Å². The van der Waals surface area contributed by atoms with Crippen LogP contribution in [0.3, 0.4) is 0 Å². The number of fused-ring (bicyclic) bond motifs is 1. The zero-order valence-electron chi connectivity index (χ0n) is 11.5. The number of likely N-dealkylation sites (N-methyl/N-ethyl adjacent to an activating group) is 1. The van der Waals surface area contributed by atoms with Gasteiger partial charge in [0.1, 0.15) is 11.0 Å². The largest absolute Gasteiger partial charge is 0.385 e. The van der Waals surface area contributed by atoms with E-state index in [9.17, 15) is 4.79 Å². The molecule has 6 nitrogen and oxygen atoms in total. The highest BCUT2D eigenvalue weighted by Gasteiger charge is 2.13. The summed E-state index contributed by atoms with van der Waals surface area (Å²) in [6.45, 7) is -0.112. The second kappa shape index (κ2) is 5.62. The van der Waals surface area contributed by atoms with Crippen LogP contribution in [0.15, 0.2) is 54.6 Å². The lowest BCUT2D eigenvalue weighted by atomic mass is 10.3. The van der Waals surface area contributed by atoms with E-state index in [0.717, 1.165) is 16.7 Å². The molecule has 0 fully saturated rings. The molecular weight excluding hydrogens is 268 g/mol. The minimum Gasteiger partial charge on any atom is -0.385 e. The average Bonchev–Trinajstić information content (AvgIpc) is 2.96. The van der Waals surface area contributed by atoms with Crippen molar-refractivity contribution >= 4 is 22.6 Å². The summed E-state index contributed by atoms with van der Waals surface area (Å²) in [6, 6.07) is 16.8. The molecule has 0 unspecified atom stereocenters. The van der Waals surface area contributed by atoms with Crippen LogP contribution in [0.4, 0.5) is 5.69 Å². The standard InChI is InChI=1S/C15H14N4O2/c1-18(12-7-3-2-4-8-12)15(20)11-21-19-14-10-6-5-9-13(14)16-17-19/h2-10H,11H2,1H3. The average molecular weight is 282 g/mol. The van der Waals surface area contributed by atoms with Crippen molar-refractivity contribution in [2.45, 2.75) is 0 Å². The first kappa shape index (κ1) is 13.1. The zero-order valence-corrected chi connectivity index (χ0v) is 11.5. The summed E-state index contributed by atoms with van der Waals surface area (Å²) in [5.74, 6) is -0.166. The van der Waals surface area contributed by atoms with Crippen molar-refractivity contribution < 1.29 is 9.63 Å². The van der Waals surface area contributed by atoms with Gasteiger partial charge in [0.05, 0.1) is 0 Å². The zero-order chi connectivity index (χ0) is 14.7. The molecule has 6 heteroatoms. The van der Waals surface area contributed by atoms with Crippen LogP contribution in [0.5, 0.6) is 0 Å².